The van der Waals surface area contributed by atoms with E-state index >= 15 is 0 Å². The van der Waals surface area contributed by atoms with Crippen LogP contribution in [0.2, 0.25) is 39.3 Å². The molecular formula is C10H26O5Si4. The summed E-state index contributed by atoms with van der Waals surface area (Å²) in [5.41, 5.74) is 3.05. The van der Waals surface area contributed by atoms with Gasteiger partial charge < -0.3 is 21.9 Å². The molecule has 0 aromatic carbocycles. The van der Waals surface area contributed by atoms with Crippen LogP contribution in [0.5, 0.6) is 0 Å². The quantitative estimate of drug-likeness (QED) is 0.663. The highest BCUT2D eigenvalue weighted by atomic mass is 28.5. The molecule has 0 aliphatic heterocycles. The van der Waals surface area contributed by atoms with Crippen molar-refractivity contribution < 1.29 is 21.9 Å². The van der Waals surface area contributed by atoms with Gasteiger partial charge in [0.15, 0.2) is 0 Å². The van der Waals surface area contributed by atoms with Crippen molar-refractivity contribution >= 4 is 34.2 Å². The average molecular weight is 339 g/mol. The van der Waals surface area contributed by atoms with Crippen LogP contribution in [0, 0.1) is 0 Å². The van der Waals surface area contributed by atoms with Gasteiger partial charge in [-0.05, 0) is 39.3 Å². The van der Waals surface area contributed by atoms with Gasteiger partial charge in [-0.1, -0.05) is 11.4 Å². The largest absolute Gasteiger partial charge is 0.416 e. The molecule has 0 amide bonds. The zero-order valence-electron chi connectivity index (χ0n) is 12.7. The van der Waals surface area contributed by atoms with Crippen molar-refractivity contribution in [2.75, 3.05) is 0 Å². The molecule has 2 atom stereocenters. The Balaban J connectivity index is 4.97. The molecule has 0 aliphatic carbocycles. The zero-order valence-corrected chi connectivity index (χ0v) is 16.7. The maximum Gasteiger partial charge on any atom is 0.349 e. The molecule has 0 aliphatic rings. The fourth-order valence-electron chi connectivity index (χ4n) is 1.67. The van der Waals surface area contributed by atoms with E-state index in [1.165, 1.54) is 5.70 Å². The first kappa shape index (κ1) is 19.1. The Morgan fingerprint density at radius 1 is 0.789 bits per heavy atom. The third-order valence-corrected chi connectivity index (χ3v) is 14.4. The van der Waals surface area contributed by atoms with Gasteiger partial charge in [0, 0.05) is 0 Å². The topological polar surface area (TPSA) is 68.2 Å². The van der Waals surface area contributed by atoms with Gasteiger partial charge in [0.05, 0.1) is 0 Å². The molecule has 0 saturated heterocycles. The zero-order chi connectivity index (χ0) is 15.5. The number of hydrogen-bond acceptors (Lipinski definition) is 5. The Labute approximate surface area is 120 Å². The molecule has 2 N–H and O–H groups in total. The molecule has 9 heteroatoms. The van der Waals surface area contributed by atoms with Gasteiger partial charge in [-0.15, -0.1) is 13.2 Å². The Morgan fingerprint density at radius 2 is 1.26 bits per heavy atom. The fraction of sp³-hybridized carbons (Fsp3) is 0.600. The van der Waals surface area contributed by atoms with Crippen LogP contribution < -0.4 is 0 Å². The van der Waals surface area contributed by atoms with Crippen molar-refractivity contribution in [3.05, 3.63) is 24.6 Å². The summed E-state index contributed by atoms with van der Waals surface area (Å²) < 4.78 is 17.4. The highest BCUT2D eigenvalue weighted by Crippen LogP contribution is 2.23. The van der Waals surface area contributed by atoms with Crippen LogP contribution >= 0.6 is 0 Å². The smallest absolute Gasteiger partial charge is 0.349 e. The molecule has 112 valence electrons. The van der Waals surface area contributed by atoms with E-state index in [1.54, 1.807) is 31.9 Å². The summed E-state index contributed by atoms with van der Waals surface area (Å²) in [6.07, 6.45) is 0. The summed E-state index contributed by atoms with van der Waals surface area (Å²) in [5, 5.41) is 0. The van der Waals surface area contributed by atoms with E-state index in [9.17, 15) is 9.59 Å². The molecule has 0 bridgehead atoms. The average Bonchev–Trinajstić information content (AvgIpc) is 2.11. The molecule has 0 radical (unpaired) electrons. The predicted molar refractivity (Wildman–Crippen MR) is 86.3 cm³/mol. The van der Waals surface area contributed by atoms with Gasteiger partial charge in [-0.3, -0.25) is 0 Å². The van der Waals surface area contributed by atoms with Gasteiger partial charge in [-0.25, -0.2) is 0 Å². The molecule has 0 heterocycles. The van der Waals surface area contributed by atoms with Gasteiger partial charge >= 0.3 is 34.2 Å². The maximum atomic E-state index is 10.1. The number of rotatable bonds is 8. The van der Waals surface area contributed by atoms with Gasteiger partial charge in [-0.2, -0.15) is 0 Å². The predicted octanol–water partition coefficient (Wildman–Crippen LogP) is 2.02. The Bertz CT molecular complexity index is 339. The van der Waals surface area contributed by atoms with Crippen LogP contribution in [0.1, 0.15) is 0 Å². The van der Waals surface area contributed by atoms with Gasteiger partial charge in [0.25, 0.3) is 0 Å². The van der Waals surface area contributed by atoms with Crippen LogP contribution in [-0.4, -0.2) is 43.8 Å². The van der Waals surface area contributed by atoms with Gasteiger partial charge in [0.1, 0.15) is 0 Å². The normalized spacial score (nSPS) is 19.4. The molecule has 0 rings (SSSR count). The van der Waals surface area contributed by atoms with E-state index < -0.39 is 34.2 Å². The second-order valence-electron chi connectivity index (χ2n) is 5.63. The van der Waals surface area contributed by atoms with E-state index in [0.29, 0.717) is 0 Å². The minimum absolute atomic E-state index is 1.44. The third-order valence-electron chi connectivity index (χ3n) is 2.10. The van der Waals surface area contributed by atoms with Crippen LogP contribution in [0.25, 0.3) is 0 Å². The van der Waals surface area contributed by atoms with Crippen LogP contribution in [0.4, 0.5) is 0 Å². The summed E-state index contributed by atoms with van der Waals surface area (Å²) in [7, 11) is -10.9. The molecule has 0 saturated carbocycles. The fourth-order valence-corrected chi connectivity index (χ4v) is 15.7. The minimum Gasteiger partial charge on any atom is -0.416 e. The first-order valence-electron chi connectivity index (χ1n) is 6.07. The van der Waals surface area contributed by atoms with Crippen molar-refractivity contribution in [3.63, 3.8) is 0 Å². The molecule has 0 spiro atoms. The maximum absolute atomic E-state index is 10.1. The first-order chi connectivity index (χ1) is 8.24. The highest BCUT2D eigenvalue weighted by Gasteiger charge is 2.44. The molecule has 0 aromatic rings. The van der Waals surface area contributed by atoms with Crippen LogP contribution in [-0.2, 0) is 12.3 Å². The van der Waals surface area contributed by atoms with E-state index in [-0.39, 0.29) is 0 Å². The third kappa shape index (κ3) is 8.11. The van der Waals surface area contributed by atoms with Crippen molar-refractivity contribution in [3.8, 4) is 0 Å². The summed E-state index contributed by atoms with van der Waals surface area (Å²) in [5.74, 6) is 0. The Kier molecular flexibility index (Phi) is 6.33. The monoisotopic (exact) mass is 338 g/mol. The lowest BCUT2D eigenvalue weighted by Gasteiger charge is -2.38. The second-order valence-corrected chi connectivity index (χ2v) is 18.7. The summed E-state index contributed by atoms with van der Waals surface area (Å²) >= 11 is 0. The molecule has 0 aromatic heterocycles. The van der Waals surface area contributed by atoms with E-state index in [2.05, 4.69) is 13.2 Å². The molecule has 5 nitrogen and oxygen atoms in total. The summed E-state index contributed by atoms with van der Waals surface area (Å²) in [6, 6.07) is 0. The SMILES string of the molecule is C=C[Si](C)(O)O[Si](C)(C=C)O[Si](C)(C)O[Si](C)(C)O. The van der Waals surface area contributed by atoms with Crippen molar-refractivity contribution in [2.24, 2.45) is 0 Å². The first-order valence-corrected chi connectivity index (χ1v) is 16.6. The van der Waals surface area contributed by atoms with Crippen molar-refractivity contribution in [2.45, 2.75) is 39.3 Å². The second kappa shape index (κ2) is 6.28. The van der Waals surface area contributed by atoms with Gasteiger partial charge in [0.2, 0.25) is 0 Å². The Hall–Kier alpha value is 0.148. The van der Waals surface area contributed by atoms with Crippen LogP contribution in [0.3, 0.4) is 0 Å². The molecule has 2 unspecified atom stereocenters. The lowest BCUT2D eigenvalue weighted by atomic mass is 11.3. The lowest BCUT2D eigenvalue weighted by molar-refractivity contribution is 0.284. The lowest BCUT2D eigenvalue weighted by Crippen LogP contribution is -2.57. The van der Waals surface area contributed by atoms with Crippen molar-refractivity contribution in [1.29, 1.82) is 0 Å². The van der Waals surface area contributed by atoms with Crippen LogP contribution in [0.15, 0.2) is 24.6 Å². The van der Waals surface area contributed by atoms with E-state index in [4.69, 9.17) is 12.3 Å². The van der Waals surface area contributed by atoms with E-state index in [1.807, 2.05) is 13.1 Å². The summed E-state index contributed by atoms with van der Waals surface area (Å²) in [4.78, 5) is 19.9. The van der Waals surface area contributed by atoms with Crippen molar-refractivity contribution in [1.82, 2.24) is 0 Å². The molecule has 19 heavy (non-hydrogen) atoms. The molecule has 0 fully saturated rings. The summed E-state index contributed by atoms with van der Waals surface area (Å²) in [6.45, 7) is 17.8. The van der Waals surface area contributed by atoms with E-state index in [0.717, 1.165) is 0 Å². The molecular weight excluding hydrogens is 312 g/mol. The minimum atomic E-state index is -2.95. The number of hydrogen-bond donors (Lipinski definition) is 2. The standard InChI is InChI=1S/C10H26O5Si4/c1-9-18(7,12)15-19(8,10-2)14-17(5,6)13-16(3,4)11/h9-12H,1-2H2,3-8H3. The Morgan fingerprint density at radius 3 is 1.58 bits per heavy atom. The highest BCUT2D eigenvalue weighted by molar-refractivity contribution is 6.90.